The van der Waals surface area contributed by atoms with Crippen molar-refractivity contribution in [2.24, 2.45) is 4.90 Å². The van der Waals surface area contributed by atoms with E-state index in [4.69, 9.17) is 22.2 Å². The Morgan fingerprint density at radius 1 is 1.78 bits per heavy atom. The van der Waals surface area contributed by atoms with Gasteiger partial charge in [0.2, 0.25) is 0 Å². The molecule has 1 heterocycles. The fourth-order valence-electron chi connectivity index (χ4n) is 0.617. The Bertz CT molecular complexity index is 110. The summed E-state index contributed by atoms with van der Waals surface area (Å²) in [5, 5.41) is 8.45. The Balaban J connectivity index is 2.28. The number of hydrogen-bond donors (Lipinski definition) is 1. The second-order valence-electron chi connectivity index (χ2n) is 1.69. The van der Waals surface area contributed by atoms with Gasteiger partial charge in [0.1, 0.15) is 0 Å². The van der Waals surface area contributed by atoms with Gasteiger partial charge in [0.25, 0.3) is 0 Å². The van der Waals surface area contributed by atoms with Crippen LogP contribution in [0.5, 0.6) is 0 Å². The summed E-state index contributed by atoms with van der Waals surface area (Å²) in [4.78, 5) is 3.33. The zero-order chi connectivity index (χ0) is 6.69. The van der Waals surface area contributed by atoms with Gasteiger partial charge in [-0.3, -0.25) is 0 Å². The molecule has 49 valence electrons. The van der Waals surface area contributed by atoms with Gasteiger partial charge in [-0.05, 0) is 0 Å². The topological polar surface area (TPSA) is 51.0 Å². The minimum absolute atomic E-state index is 0.147. The van der Waals surface area contributed by atoms with Crippen LogP contribution in [-0.4, -0.2) is 38.5 Å². The molecule has 0 aromatic heterocycles. The molecule has 0 saturated carbocycles. The summed E-state index contributed by atoms with van der Waals surface area (Å²) >= 11 is 0. The van der Waals surface area contributed by atoms with Gasteiger partial charge >= 0.3 is 52.8 Å². The van der Waals surface area contributed by atoms with Crippen LogP contribution in [0.1, 0.15) is 0 Å². The Morgan fingerprint density at radius 3 is 2.89 bits per heavy atom. The van der Waals surface area contributed by atoms with Crippen molar-refractivity contribution in [3.63, 3.8) is 0 Å². The molecule has 4 nitrogen and oxygen atoms in total. The van der Waals surface area contributed by atoms with Crippen molar-refractivity contribution in [2.75, 3.05) is 13.2 Å². The van der Waals surface area contributed by atoms with Crippen molar-refractivity contribution in [3.05, 3.63) is 0 Å². The van der Waals surface area contributed by atoms with E-state index in [9.17, 15) is 0 Å². The number of nitrogens with zero attached hydrogens (tertiary/aromatic N) is 1. The fourth-order valence-corrected chi connectivity index (χ4v) is 0.617. The zero-order valence-corrected chi connectivity index (χ0v) is 4.86. The Labute approximate surface area is 53.9 Å². The molecule has 1 aliphatic heterocycles. The molecule has 0 aliphatic carbocycles. The van der Waals surface area contributed by atoms with Crippen LogP contribution in [0.4, 0.5) is 0 Å². The number of aliphatic hydroxyl groups excluding tert-OH is 1. The molecular formula is C4H7BNO3. The van der Waals surface area contributed by atoms with Crippen molar-refractivity contribution in [3.8, 4) is 0 Å². The van der Waals surface area contributed by atoms with Gasteiger partial charge in [-0.15, -0.1) is 0 Å². The predicted octanol–water partition coefficient (Wildman–Crippen LogP) is -0.970. The monoisotopic (exact) mass is 128 g/mol. The third-order valence-electron chi connectivity index (χ3n) is 1.05. The van der Waals surface area contributed by atoms with E-state index in [-0.39, 0.29) is 6.61 Å². The van der Waals surface area contributed by atoms with E-state index in [1.165, 1.54) is 0 Å². The average Bonchev–Trinajstić information content (AvgIpc) is 2.34. The molecule has 5 heteroatoms. The first-order chi connectivity index (χ1) is 4.36. The third-order valence-corrected chi connectivity index (χ3v) is 1.05. The Hall–Kier alpha value is -0.255. The first-order valence-corrected chi connectivity index (χ1v) is 2.64. The molecule has 1 saturated heterocycles. The van der Waals surface area contributed by atoms with E-state index >= 15 is 0 Å². The van der Waals surface area contributed by atoms with Crippen LogP contribution in [0.2, 0.25) is 0 Å². The van der Waals surface area contributed by atoms with Gasteiger partial charge in [-0.25, -0.2) is 0 Å². The molecule has 1 N–H and O–H groups in total. The molecule has 0 aromatic rings. The molecule has 2 unspecified atom stereocenters. The molecule has 1 radical (unpaired) electrons. The summed E-state index contributed by atoms with van der Waals surface area (Å²) in [7, 11) is 4.89. The molecule has 0 bridgehead atoms. The third kappa shape index (κ3) is 1.57. The van der Waals surface area contributed by atoms with Gasteiger partial charge in [-0.2, -0.15) is 0 Å². The number of aliphatic hydroxyl groups is 1. The van der Waals surface area contributed by atoms with Gasteiger partial charge in [0, 0.05) is 0 Å². The minimum atomic E-state index is -0.540. The zero-order valence-electron chi connectivity index (χ0n) is 4.86. The molecule has 1 rings (SSSR count). The molecule has 9 heavy (non-hydrogen) atoms. The van der Waals surface area contributed by atoms with Gasteiger partial charge in [-0.1, -0.05) is 0 Å². The van der Waals surface area contributed by atoms with E-state index < -0.39 is 12.5 Å². The van der Waals surface area contributed by atoms with Crippen LogP contribution in [0.15, 0.2) is 4.90 Å². The van der Waals surface area contributed by atoms with Crippen LogP contribution >= 0.6 is 0 Å². The first kappa shape index (κ1) is 6.86. The van der Waals surface area contributed by atoms with Crippen molar-refractivity contribution in [2.45, 2.75) is 12.5 Å². The standard InChI is InChI=1S/C4H7BNO3/c5-6-3-2-8-4(1-7)9-3/h3-4,7H,1-2H2. The second kappa shape index (κ2) is 3.05. The van der Waals surface area contributed by atoms with Crippen molar-refractivity contribution in [1.29, 1.82) is 0 Å². The van der Waals surface area contributed by atoms with Crippen molar-refractivity contribution in [1.82, 2.24) is 0 Å². The van der Waals surface area contributed by atoms with Crippen molar-refractivity contribution < 1.29 is 14.6 Å². The molecule has 0 amide bonds. The maximum absolute atomic E-state index is 8.45. The predicted molar refractivity (Wildman–Crippen MR) is 29.9 cm³/mol. The number of ether oxygens (including phenoxy) is 2. The van der Waals surface area contributed by atoms with E-state index in [0.29, 0.717) is 6.61 Å². The van der Waals surface area contributed by atoms with Crippen LogP contribution < -0.4 is 0 Å². The van der Waals surface area contributed by atoms with E-state index in [1.807, 2.05) is 0 Å². The molecule has 0 aromatic carbocycles. The maximum atomic E-state index is 8.45. The summed E-state index contributed by atoms with van der Waals surface area (Å²) in [5.41, 5.74) is 0. The van der Waals surface area contributed by atoms with Crippen LogP contribution in [0.3, 0.4) is 0 Å². The Morgan fingerprint density at radius 2 is 2.56 bits per heavy atom. The fraction of sp³-hybridized carbons (Fsp3) is 1.00. The van der Waals surface area contributed by atoms with Gasteiger partial charge < -0.3 is 0 Å². The molecular weight excluding hydrogens is 121 g/mol. The van der Waals surface area contributed by atoms with E-state index in [1.54, 1.807) is 0 Å². The first-order valence-electron chi connectivity index (χ1n) is 2.64. The van der Waals surface area contributed by atoms with Gasteiger partial charge in [0.15, 0.2) is 0 Å². The molecule has 1 aliphatic rings. The summed E-state index contributed by atoms with van der Waals surface area (Å²) in [6, 6.07) is 0. The van der Waals surface area contributed by atoms with E-state index in [2.05, 4.69) is 4.90 Å². The Kier molecular flexibility index (Phi) is 2.33. The molecule has 1 fully saturated rings. The van der Waals surface area contributed by atoms with Crippen LogP contribution in [0, 0.1) is 0 Å². The van der Waals surface area contributed by atoms with Crippen LogP contribution in [-0.2, 0) is 9.47 Å². The number of hydrogen-bond acceptors (Lipinski definition) is 4. The second-order valence-corrected chi connectivity index (χ2v) is 1.69. The van der Waals surface area contributed by atoms with Gasteiger partial charge in [0.05, 0.1) is 0 Å². The summed E-state index contributed by atoms with van der Waals surface area (Å²) in [6.07, 6.45) is -0.940. The number of rotatable bonds is 2. The van der Waals surface area contributed by atoms with Crippen LogP contribution in [0.25, 0.3) is 0 Å². The average molecular weight is 128 g/mol. The summed E-state index contributed by atoms with van der Waals surface area (Å²) < 4.78 is 9.76. The van der Waals surface area contributed by atoms with E-state index in [0.717, 1.165) is 0 Å². The quantitative estimate of drug-likeness (QED) is 0.486. The van der Waals surface area contributed by atoms with Crippen molar-refractivity contribution >= 4 is 7.64 Å². The normalized spacial score (nSPS) is 34.7. The molecule has 0 spiro atoms. The summed E-state index contributed by atoms with van der Waals surface area (Å²) in [6.45, 7) is 0.188. The SMILES string of the molecule is [B]=NC1COC(CO)O1. The molecule has 2 atom stereocenters. The summed E-state index contributed by atoms with van der Waals surface area (Å²) in [5.74, 6) is 0.